The minimum absolute atomic E-state index is 0.0529. The maximum Gasteiger partial charge on any atom is 0.233 e. The van der Waals surface area contributed by atoms with Crippen molar-refractivity contribution in [1.82, 2.24) is 10.2 Å². The summed E-state index contributed by atoms with van der Waals surface area (Å²) in [6.45, 7) is 0.796. The van der Waals surface area contributed by atoms with E-state index in [0.717, 1.165) is 11.4 Å². The van der Waals surface area contributed by atoms with Crippen LogP contribution in [0.1, 0.15) is 5.56 Å². The van der Waals surface area contributed by atoms with Gasteiger partial charge in [-0.05, 0) is 23.8 Å². The quantitative estimate of drug-likeness (QED) is 0.790. The Bertz CT molecular complexity index is 619. The Kier molecular flexibility index (Phi) is 5.99. The fraction of sp³-hybridized carbons (Fsp3) is 0.375. The maximum atomic E-state index is 8.71. The van der Waals surface area contributed by atoms with Crippen molar-refractivity contribution in [3.8, 4) is 17.4 Å². The molecule has 0 radical (unpaired) electrons. The van der Waals surface area contributed by atoms with Gasteiger partial charge >= 0.3 is 0 Å². The smallest absolute Gasteiger partial charge is 0.233 e. The van der Waals surface area contributed by atoms with Crippen LogP contribution in [0.5, 0.6) is 17.4 Å². The number of nitrogens with zero attached hydrogens (tertiary/aromatic N) is 3. The Morgan fingerprint density at radius 3 is 2.43 bits per heavy atom. The first-order chi connectivity index (χ1) is 11.2. The second-order valence-corrected chi connectivity index (χ2v) is 4.85. The lowest BCUT2D eigenvalue weighted by Gasteiger charge is -2.18. The average molecular weight is 319 g/mol. The highest BCUT2D eigenvalue weighted by Gasteiger charge is 2.09. The molecule has 0 bridgehead atoms. The molecule has 0 aliphatic carbocycles. The van der Waals surface area contributed by atoms with Crippen LogP contribution in [0.2, 0.25) is 0 Å². The molecule has 0 amide bonds. The van der Waals surface area contributed by atoms with Crippen LogP contribution in [-0.4, -0.2) is 49.8 Å². The Morgan fingerprint density at radius 2 is 1.83 bits per heavy atom. The fourth-order valence-electron chi connectivity index (χ4n) is 2.08. The van der Waals surface area contributed by atoms with Crippen LogP contribution in [0.25, 0.3) is 0 Å². The van der Waals surface area contributed by atoms with E-state index in [2.05, 4.69) is 10.2 Å². The molecule has 0 aliphatic rings. The van der Waals surface area contributed by atoms with Crippen LogP contribution in [0.4, 0.5) is 5.82 Å². The molecule has 0 spiro atoms. The van der Waals surface area contributed by atoms with Crippen LogP contribution in [-0.2, 0) is 6.54 Å². The van der Waals surface area contributed by atoms with Crippen molar-refractivity contribution in [3.05, 3.63) is 35.9 Å². The molecule has 124 valence electrons. The van der Waals surface area contributed by atoms with Gasteiger partial charge in [0, 0.05) is 19.7 Å². The first-order valence-electron chi connectivity index (χ1n) is 7.17. The van der Waals surface area contributed by atoms with Crippen molar-refractivity contribution < 1.29 is 19.3 Å². The molecule has 1 N–H and O–H groups in total. The number of aromatic nitrogens is 2. The third kappa shape index (κ3) is 4.46. The summed E-state index contributed by atoms with van der Waals surface area (Å²) in [4.78, 5) is 1.96. The van der Waals surface area contributed by atoms with E-state index in [-0.39, 0.29) is 13.2 Å². The number of aliphatic hydroxyl groups excluding tert-OH is 1. The summed E-state index contributed by atoms with van der Waals surface area (Å²) in [6.07, 6.45) is 0. The van der Waals surface area contributed by atoms with Crippen molar-refractivity contribution in [2.24, 2.45) is 0 Å². The van der Waals surface area contributed by atoms with E-state index in [1.807, 2.05) is 36.2 Å². The third-order valence-electron chi connectivity index (χ3n) is 3.23. The van der Waals surface area contributed by atoms with Crippen LogP contribution >= 0.6 is 0 Å². The van der Waals surface area contributed by atoms with Gasteiger partial charge < -0.3 is 24.2 Å². The normalized spacial score (nSPS) is 10.3. The molecule has 1 aromatic carbocycles. The third-order valence-corrected chi connectivity index (χ3v) is 3.23. The number of methoxy groups -OCH3 is 2. The van der Waals surface area contributed by atoms with E-state index in [0.29, 0.717) is 23.9 Å². The Balaban J connectivity index is 2.05. The van der Waals surface area contributed by atoms with Crippen LogP contribution in [0, 0.1) is 0 Å². The molecule has 0 atom stereocenters. The molecule has 1 aromatic heterocycles. The summed E-state index contributed by atoms with van der Waals surface area (Å²) in [5.41, 5.74) is 1.06. The zero-order chi connectivity index (χ0) is 16.7. The number of hydrogen-bond donors (Lipinski definition) is 1. The molecule has 0 fully saturated rings. The number of ether oxygens (including phenoxy) is 3. The van der Waals surface area contributed by atoms with E-state index in [4.69, 9.17) is 19.3 Å². The molecule has 2 aromatic rings. The van der Waals surface area contributed by atoms with Crippen molar-refractivity contribution in [2.75, 3.05) is 39.4 Å². The van der Waals surface area contributed by atoms with Gasteiger partial charge in [-0.25, -0.2) is 0 Å². The number of rotatable bonds is 8. The van der Waals surface area contributed by atoms with E-state index < -0.39 is 0 Å². The monoisotopic (exact) mass is 319 g/mol. The fourth-order valence-corrected chi connectivity index (χ4v) is 2.08. The van der Waals surface area contributed by atoms with Gasteiger partial charge in [0.05, 0.1) is 20.8 Å². The Hall–Kier alpha value is -2.54. The molecular formula is C16H21N3O4. The van der Waals surface area contributed by atoms with Crippen LogP contribution in [0.15, 0.2) is 30.3 Å². The summed E-state index contributed by atoms with van der Waals surface area (Å²) in [7, 11) is 5.15. The average Bonchev–Trinajstić information content (AvgIpc) is 2.60. The molecule has 23 heavy (non-hydrogen) atoms. The maximum absolute atomic E-state index is 8.71. The Morgan fingerprint density at radius 1 is 1.04 bits per heavy atom. The van der Waals surface area contributed by atoms with Gasteiger partial charge in [-0.15, -0.1) is 10.2 Å². The molecule has 0 saturated heterocycles. The van der Waals surface area contributed by atoms with Gasteiger partial charge in [0.1, 0.15) is 6.61 Å². The molecule has 0 aliphatic heterocycles. The lowest BCUT2D eigenvalue weighted by molar-refractivity contribution is 0.195. The molecule has 7 heteroatoms. The van der Waals surface area contributed by atoms with E-state index in [1.54, 1.807) is 20.3 Å². The first-order valence-corrected chi connectivity index (χ1v) is 7.17. The summed E-state index contributed by atoms with van der Waals surface area (Å²) in [5, 5.41) is 16.8. The number of benzene rings is 1. The minimum Gasteiger partial charge on any atom is -0.493 e. The number of hydrogen-bond acceptors (Lipinski definition) is 7. The van der Waals surface area contributed by atoms with Gasteiger partial charge in [-0.2, -0.15) is 0 Å². The predicted octanol–water partition coefficient (Wildman–Crippen LogP) is 1.50. The standard InChI is InChI=1S/C16H21N3O4/c1-19(15-6-7-16(18-17-15)23-9-8-20)11-12-4-5-13(21-2)14(10-12)22-3/h4-7,10,20H,8-9,11H2,1-3H3. The highest BCUT2D eigenvalue weighted by Crippen LogP contribution is 2.28. The van der Waals surface area contributed by atoms with Gasteiger partial charge in [-0.3, -0.25) is 0 Å². The lowest BCUT2D eigenvalue weighted by Crippen LogP contribution is -2.18. The van der Waals surface area contributed by atoms with Crippen molar-refractivity contribution >= 4 is 5.82 Å². The van der Waals surface area contributed by atoms with E-state index >= 15 is 0 Å². The summed E-state index contributed by atoms with van der Waals surface area (Å²) in [6, 6.07) is 9.33. The predicted molar refractivity (Wildman–Crippen MR) is 86.3 cm³/mol. The van der Waals surface area contributed by atoms with Gasteiger partial charge in [0.15, 0.2) is 17.3 Å². The number of anilines is 1. The van der Waals surface area contributed by atoms with Crippen molar-refractivity contribution in [3.63, 3.8) is 0 Å². The molecular weight excluding hydrogens is 298 g/mol. The van der Waals surface area contributed by atoms with E-state index in [1.165, 1.54) is 0 Å². The van der Waals surface area contributed by atoms with Crippen molar-refractivity contribution in [1.29, 1.82) is 0 Å². The van der Waals surface area contributed by atoms with Gasteiger partial charge in [-0.1, -0.05) is 6.07 Å². The topological polar surface area (TPSA) is 76.9 Å². The van der Waals surface area contributed by atoms with E-state index in [9.17, 15) is 0 Å². The summed E-state index contributed by atoms with van der Waals surface area (Å²) < 4.78 is 15.7. The van der Waals surface area contributed by atoms with Crippen molar-refractivity contribution in [2.45, 2.75) is 6.54 Å². The molecule has 2 rings (SSSR count). The zero-order valence-corrected chi connectivity index (χ0v) is 13.5. The molecule has 1 heterocycles. The second kappa shape index (κ2) is 8.19. The zero-order valence-electron chi connectivity index (χ0n) is 13.5. The van der Waals surface area contributed by atoms with Gasteiger partial charge in [0.2, 0.25) is 5.88 Å². The second-order valence-electron chi connectivity index (χ2n) is 4.85. The summed E-state index contributed by atoms with van der Waals surface area (Å²) >= 11 is 0. The SMILES string of the molecule is COc1ccc(CN(C)c2ccc(OCCO)nn2)cc1OC. The number of aliphatic hydroxyl groups is 1. The molecule has 0 unspecified atom stereocenters. The molecule has 7 nitrogen and oxygen atoms in total. The highest BCUT2D eigenvalue weighted by atomic mass is 16.5. The largest absolute Gasteiger partial charge is 0.493 e. The Labute approximate surface area is 135 Å². The molecule has 0 saturated carbocycles. The van der Waals surface area contributed by atoms with Gasteiger partial charge in [0.25, 0.3) is 0 Å². The lowest BCUT2D eigenvalue weighted by atomic mass is 10.2. The summed E-state index contributed by atoms with van der Waals surface area (Å²) in [5.74, 6) is 2.50. The minimum atomic E-state index is -0.0529. The first kappa shape index (κ1) is 16.8. The highest BCUT2D eigenvalue weighted by molar-refractivity contribution is 5.45. The van der Waals surface area contributed by atoms with Crippen LogP contribution in [0.3, 0.4) is 0 Å². The van der Waals surface area contributed by atoms with Crippen LogP contribution < -0.4 is 19.1 Å².